The molecule has 3 nitrogen and oxygen atoms in total. The van der Waals surface area contributed by atoms with Crippen LogP contribution in [0.3, 0.4) is 0 Å². The molecule has 4 heteroatoms. The second kappa shape index (κ2) is 13.6. The Morgan fingerprint density at radius 2 is 1.38 bits per heavy atom. The van der Waals surface area contributed by atoms with E-state index < -0.39 is 0 Å². The van der Waals surface area contributed by atoms with Gasteiger partial charge in [0.2, 0.25) is 11.8 Å². The Labute approximate surface area is 320 Å². The fourth-order valence-electron chi connectivity index (χ4n) is 7.28. The minimum atomic E-state index is -0.0540. The SMILES string of the molecule is Cc1cc(Oc2cc3cc(-c4ccc(CC(C)(C)C)cc4C)sc3c(-c3cc(C(C)(C)C)c4ccccc4c3)n2)nc(-c2cccc(C(C)(C)C)c2)c1. The zero-order chi connectivity index (χ0) is 37.9. The highest BCUT2D eigenvalue weighted by atomic mass is 32.1. The number of fused-ring (bicyclic) bond motifs is 2. The Kier molecular flexibility index (Phi) is 9.35. The van der Waals surface area contributed by atoms with E-state index in [0.29, 0.717) is 11.8 Å². The molecule has 270 valence electrons. The van der Waals surface area contributed by atoms with Crippen molar-refractivity contribution in [3.8, 4) is 44.7 Å². The van der Waals surface area contributed by atoms with Gasteiger partial charge in [-0.3, -0.25) is 0 Å². The van der Waals surface area contributed by atoms with Crippen molar-refractivity contribution in [2.24, 2.45) is 5.41 Å². The maximum absolute atomic E-state index is 6.66. The van der Waals surface area contributed by atoms with Gasteiger partial charge in [-0.25, -0.2) is 9.97 Å². The molecule has 0 aliphatic carbocycles. The van der Waals surface area contributed by atoms with Gasteiger partial charge < -0.3 is 4.74 Å². The average molecular weight is 717 g/mol. The molecule has 3 heterocycles. The van der Waals surface area contributed by atoms with Crippen LogP contribution in [0, 0.1) is 19.3 Å². The molecule has 0 unspecified atom stereocenters. The molecule has 4 aromatic carbocycles. The van der Waals surface area contributed by atoms with Gasteiger partial charge in [-0.05, 0) is 111 Å². The molecule has 0 amide bonds. The summed E-state index contributed by atoms with van der Waals surface area (Å²) in [7, 11) is 0. The summed E-state index contributed by atoms with van der Waals surface area (Å²) < 4.78 is 7.81. The van der Waals surface area contributed by atoms with Gasteiger partial charge in [0.15, 0.2) is 0 Å². The smallest absolute Gasteiger partial charge is 0.222 e. The minimum Gasteiger partial charge on any atom is -0.421 e. The highest BCUT2D eigenvalue weighted by Crippen LogP contribution is 2.44. The molecular formula is C49H52N2OS. The maximum atomic E-state index is 6.66. The second-order valence-electron chi connectivity index (χ2n) is 18.0. The first-order valence-corrected chi connectivity index (χ1v) is 19.6. The number of aryl methyl sites for hydroxylation is 2. The highest BCUT2D eigenvalue weighted by molar-refractivity contribution is 7.22. The van der Waals surface area contributed by atoms with Crippen LogP contribution in [0.25, 0.3) is 53.8 Å². The standard InChI is InChI=1S/C49H52N2OS/c1-30-21-41(34-16-14-17-37(25-34)48(6,7)8)50-43(22-30)52-44-28-36-27-42(38-20-19-32(23-31(38)2)29-47(3,4)5)53-46(36)45(51-44)35-24-33-15-12-13-18-39(33)40(26-35)49(9,10)11/h12-28H,29H2,1-11H3. The third kappa shape index (κ3) is 7.94. The number of rotatable bonds is 6. The van der Waals surface area contributed by atoms with Crippen LogP contribution in [0.5, 0.6) is 11.8 Å². The van der Waals surface area contributed by atoms with E-state index >= 15 is 0 Å². The van der Waals surface area contributed by atoms with E-state index in [2.05, 4.69) is 173 Å². The number of hydrogen-bond acceptors (Lipinski definition) is 4. The predicted octanol–water partition coefficient (Wildman–Crippen LogP) is 14.4. The van der Waals surface area contributed by atoms with Gasteiger partial charge in [-0.2, -0.15) is 0 Å². The topological polar surface area (TPSA) is 35.0 Å². The molecule has 0 aliphatic heterocycles. The van der Waals surface area contributed by atoms with Crippen LogP contribution in [0.4, 0.5) is 0 Å². The van der Waals surface area contributed by atoms with Crippen LogP contribution in [0.15, 0.2) is 103 Å². The third-order valence-corrected chi connectivity index (χ3v) is 11.1. The van der Waals surface area contributed by atoms with Gasteiger partial charge >= 0.3 is 0 Å². The summed E-state index contributed by atoms with van der Waals surface area (Å²) in [6.07, 6.45) is 1.05. The Morgan fingerprint density at radius 3 is 2.09 bits per heavy atom. The summed E-state index contributed by atoms with van der Waals surface area (Å²) in [6, 6.07) is 37.4. The number of pyridine rings is 2. The van der Waals surface area contributed by atoms with Crippen molar-refractivity contribution >= 4 is 32.2 Å². The third-order valence-electron chi connectivity index (χ3n) is 9.89. The summed E-state index contributed by atoms with van der Waals surface area (Å²) >= 11 is 1.81. The number of aromatic nitrogens is 2. The van der Waals surface area contributed by atoms with Crippen molar-refractivity contribution < 1.29 is 4.74 Å². The lowest BCUT2D eigenvalue weighted by Crippen LogP contribution is -2.12. The number of hydrogen-bond donors (Lipinski definition) is 0. The molecule has 7 rings (SSSR count). The molecule has 0 radical (unpaired) electrons. The van der Waals surface area contributed by atoms with Crippen LogP contribution in [-0.4, -0.2) is 9.97 Å². The van der Waals surface area contributed by atoms with E-state index in [4.69, 9.17) is 14.7 Å². The normalized spacial score (nSPS) is 12.5. The highest BCUT2D eigenvalue weighted by Gasteiger charge is 2.22. The Morgan fingerprint density at radius 1 is 0.623 bits per heavy atom. The lowest BCUT2D eigenvalue weighted by Gasteiger charge is -2.23. The summed E-state index contributed by atoms with van der Waals surface area (Å²) in [5, 5.41) is 3.59. The van der Waals surface area contributed by atoms with Crippen LogP contribution in [0.1, 0.15) is 90.1 Å². The molecule has 53 heavy (non-hydrogen) atoms. The van der Waals surface area contributed by atoms with E-state index in [-0.39, 0.29) is 16.2 Å². The molecule has 0 N–H and O–H groups in total. The Bertz CT molecular complexity index is 2480. The lowest BCUT2D eigenvalue weighted by molar-refractivity contribution is 0.411. The van der Waals surface area contributed by atoms with E-state index in [1.807, 2.05) is 17.4 Å². The maximum Gasteiger partial charge on any atom is 0.222 e. The average Bonchev–Trinajstić information content (AvgIpc) is 3.49. The second-order valence-corrected chi connectivity index (χ2v) is 19.1. The van der Waals surface area contributed by atoms with Gasteiger partial charge in [-0.15, -0.1) is 11.3 Å². The summed E-state index contributed by atoms with van der Waals surface area (Å²) in [5.74, 6) is 1.07. The molecule has 0 atom stereocenters. The fourth-order valence-corrected chi connectivity index (χ4v) is 8.53. The van der Waals surface area contributed by atoms with Gasteiger partial charge in [-0.1, -0.05) is 123 Å². The van der Waals surface area contributed by atoms with Crippen molar-refractivity contribution in [3.05, 3.63) is 131 Å². The van der Waals surface area contributed by atoms with Crippen LogP contribution in [0.2, 0.25) is 0 Å². The van der Waals surface area contributed by atoms with Crippen molar-refractivity contribution in [1.82, 2.24) is 9.97 Å². The van der Waals surface area contributed by atoms with E-state index in [1.54, 1.807) is 0 Å². The van der Waals surface area contributed by atoms with Gasteiger partial charge in [0.25, 0.3) is 0 Å². The van der Waals surface area contributed by atoms with Crippen molar-refractivity contribution in [1.29, 1.82) is 0 Å². The Balaban J connectivity index is 1.38. The molecule has 3 aromatic heterocycles. The largest absolute Gasteiger partial charge is 0.421 e. The monoisotopic (exact) mass is 716 g/mol. The molecule has 0 fully saturated rings. The van der Waals surface area contributed by atoms with Crippen LogP contribution in [-0.2, 0) is 17.3 Å². The zero-order valence-electron chi connectivity index (χ0n) is 33.2. The fraction of sp³-hybridized carbons (Fsp3) is 0.306. The Hall–Kier alpha value is -4.80. The number of ether oxygens (including phenoxy) is 1. The molecule has 0 spiro atoms. The number of thiophene rings is 1. The van der Waals surface area contributed by atoms with Gasteiger partial charge in [0.05, 0.1) is 16.1 Å². The molecule has 7 aromatic rings. The molecule has 0 saturated carbocycles. The zero-order valence-corrected chi connectivity index (χ0v) is 34.0. The first-order chi connectivity index (χ1) is 24.9. The van der Waals surface area contributed by atoms with Gasteiger partial charge in [0.1, 0.15) is 0 Å². The summed E-state index contributed by atoms with van der Waals surface area (Å²) in [5.41, 5.74) is 11.8. The van der Waals surface area contributed by atoms with Crippen LogP contribution < -0.4 is 4.74 Å². The number of nitrogens with zero attached hydrogens (tertiary/aromatic N) is 2. The quantitative estimate of drug-likeness (QED) is 0.172. The lowest BCUT2D eigenvalue weighted by atomic mass is 9.82. The number of benzene rings is 4. The predicted molar refractivity (Wildman–Crippen MR) is 228 cm³/mol. The van der Waals surface area contributed by atoms with Crippen molar-refractivity contribution in [2.45, 2.75) is 93.4 Å². The van der Waals surface area contributed by atoms with Crippen molar-refractivity contribution in [2.75, 3.05) is 0 Å². The van der Waals surface area contributed by atoms with Crippen molar-refractivity contribution in [3.63, 3.8) is 0 Å². The first kappa shape index (κ1) is 36.6. The van der Waals surface area contributed by atoms with E-state index in [9.17, 15) is 0 Å². The molecule has 0 bridgehead atoms. The minimum absolute atomic E-state index is 0.0386. The first-order valence-electron chi connectivity index (χ1n) is 18.8. The molecule has 0 aliphatic rings. The van der Waals surface area contributed by atoms with E-state index in [1.165, 1.54) is 43.5 Å². The van der Waals surface area contributed by atoms with Crippen LogP contribution >= 0.6 is 11.3 Å². The van der Waals surface area contributed by atoms with E-state index in [0.717, 1.165) is 44.6 Å². The summed E-state index contributed by atoms with van der Waals surface area (Å²) in [6.45, 7) is 24.8. The molecular weight excluding hydrogens is 665 g/mol. The van der Waals surface area contributed by atoms with Gasteiger partial charge in [0, 0.05) is 33.5 Å². The molecule has 0 saturated heterocycles. The summed E-state index contributed by atoms with van der Waals surface area (Å²) in [4.78, 5) is 11.6.